The summed E-state index contributed by atoms with van der Waals surface area (Å²) in [7, 11) is -3.77. The van der Waals surface area contributed by atoms with Gasteiger partial charge in [0.15, 0.2) is 11.0 Å². The molecule has 0 spiro atoms. The fraction of sp³-hybridized carbons (Fsp3) is 0.286. The molecule has 0 bridgehead atoms. The number of primary sulfonamides is 1. The van der Waals surface area contributed by atoms with Crippen molar-refractivity contribution in [3.8, 4) is 5.75 Å². The first-order valence-corrected chi connectivity index (χ1v) is 12.4. The Hall–Kier alpha value is -2.89. The summed E-state index contributed by atoms with van der Waals surface area (Å²) in [5.41, 5.74) is 2.63. The predicted octanol–water partition coefficient (Wildman–Crippen LogP) is 2.87. The number of thioether (sulfide) groups is 1. The number of carbonyl (C=O) groups excluding carboxylic acids is 1. The Morgan fingerprint density at radius 2 is 1.88 bits per heavy atom. The number of hydrogen-bond acceptors (Lipinski definition) is 7. The summed E-state index contributed by atoms with van der Waals surface area (Å²) in [6.45, 7) is 6.88. The molecule has 0 atom stereocenters. The van der Waals surface area contributed by atoms with Crippen molar-refractivity contribution in [3.05, 3.63) is 59.4 Å². The Morgan fingerprint density at radius 1 is 1.16 bits per heavy atom. The van der Waals surface area contributed by atoms with Gasteiger partial charge in [0.05, 0.1) is 10.6 Å². The molecule has 1 heterocycles. The van der Waals surface area contributed by atoms with Gasteiger partial charge in [0, 0.05) is 12.2 Å². The van der Waals surface area contributed by atoms with Gasteiger partial charge in [0.2, 0.25) is 15.9 Å². The number of ether oxygens (including phenoxy) is 1. The molecule has 0 aliphatic rings. The number of nitrogens with zero attached hydrogens (tertiary/aromatic N) is 3. The first-order valence-electron chi connectivity index (χ1n) is 9.85. The summed E-state index contributed by atoms with van der Waals surface area (Å²) in [4.78, 5) is 12.3. The lowest BCUT2D eigenvalue weighted by Gasteiger charge is -2.11. The van der Waals surface area contributed by atoms with E-state index in [9.17, 15) is 13.2 Å². The van der Waals surface area contributed by atoms with Crippen molar-refractivity contribution in [2.75, 3.05) is 11.1 Å². The molecular weight excluding hydrogens is 450 g/mol. The lowest BCUT2D eigenvalue weighted by Crippen LogP contribution is -2.15. The second-order valence-corrected chi connectivity index (χ2v) is 9.61. The van der Waals surface area contributed by atoms with E-state index in [0.29, 0.717) is 23.2 Å². The van der Waals surface area contributed by atoms with Crippen LogP contribution >= 0.6 is 11.8 Å². The van der Waals surface area contributed by atoms with Crippen LogP contribution in [-0.4, -0.2) is 34.8 Å². The van der Waals surface area contributed by atoms with Crippen LogP contribution in [0, 0.1) is 13.8 Å². The fourth-order valence-electron chi connectivity index (χ4n) is 2.91. The Kier molecular flexibility index (Phi) is 7.54. The van der Waals surface area contributed by atoms with E-state index in [-0.39, 0.29) is 23.2 Å². The molecule has 0 aliphatic carbocycles. The summed E-state index contributed by atoms with van der Waals surface area (Å²) >= 11 is 1.26. The third-order valence-corrected chi connectivity index (χ3v) is 6.51. The van der Waals surface area contributed by atoms with Gasteiger partial charge in [-0.05, 0) is 62.2 Å². The standard InChI is InChI=1S/C21H25N5O4S2/c1-4-26-19(12-30-18-11-14(2)5-6-15(18)3)24-25-21(26)31-13-20(27)23-16-7-9-17(10-8-16)32(22,28)29/h5-11H,4,12-13H2,1-3H3,(H,23,27)(H2,22,28,29). The number of aromatic nitrogens is 3. The normalized spacial score (nSPS) is 11.4. The van der Waals surface area contributed by atoms with Gasteiger partial charge in [0.25, 0.3) is 0 Å². The Labute approximate surface area is 191 Å². The van der Waals surface area contributed by atoms with Gasteiger partial charge in [-0.3, -0.25) is 4.79 Å². The van der Waals surface area contributed by atoms with Gasteiger partial charge in [-0.1, -0.05) is 23.9 Å². The molecule has 9 nitrogen and oxygen atoms in total. The number of benzene rings is 2. The van der Waals surface area contributed by atoms with E-state index in [1.807, 2.05) is 43.5 Å². The number of nitrogens with one attached hydrogen (secondary N) is 1. The van der Waals surface area contributed by atoms with Crippen LogP contribution in [0.4, 0.5) is 5.69 Å². The molecule has 3 aromatic rings. The number of anilines is 1. The Balaban J connectivity index is 1.58. The van der Waals surface area contributed by atoms with Crippen LogP contribution in [0.3, 0.4) is 0 Å². The summed E-state index contributed by atoms with van der Waals surface area (Å²) in [6.07, 6.45) is 0. The molecule has 0 aliphatic heterocycles. The fourth-order valence-corrected chi connectivity index (χ4v) is 4.25. The molecule has 11 heteroatoms. The number of amides is 1. The third-order valence-electron chi connectivity index (χ3n) is 4.61. The number of hydrogen-bond donors (Lipinski definition) is 2. The second-order valence-electron chi connectivity index (χ2n) is 7.11. The highest BCUT2D eigenvalue weighted by atomic mass is 32.2. The van der Waals surface area contributed by atoms with Gasteiger partial charge >= 0.3 is 0 Å². The maximum Gasteiger partial charge on any atom is 0.238 e. The van der Waals surface area contributed by atoms with Crippen molar-refractivity contribution in [3.63, 3.8) is 0 Å². The molecule has 3 rings (SSSR count). The zero-order valence-electron chi connectivity index (χ0n) is 18.0. The molecule has 3 N–H and O–H groups in total. The molecule has 1 aromatic heterocycles. The first kappa shape index (κ1) is 23.8. The number of carbonyl (C=O) groups is 1. The summed E-state index contributed by atoms with van der Waals surface area (Å²) < 4.78 is 30.5. The van der Waals surface area contributed by atoms with Crippen LogP contribution in [0.15, 0.2) is 52.5 Å². The van der Waals surface area contributed by atoms with Gasteiger partial charge in [-0.15, -0.1) is 10.2 Å². The molecule has 2 aromatic carbocycles. The van der Waals surface area contributed by atoms with E-state index in [4.69, 9.17) is 9.88 Å². The summed E-state index contributed by atoms with van der Waals surface area (Å²) in [5.74, 6) is 1.34. The Bertz CT molecular complexity index is 1210. The topological polar surface area (TPSA) is 129 Å². The highest BCUT2D eigenvalue weighted by Crippen LogP contribution is 2.22. The van der Waals surface area contributed by atoms with Crippen molar-refractivity contribution in [1.82, 2.24) is 14.8 Å². The van der Waals surface area contributed by atoms with Gasteiger partial charge in [0.1, 0.15) is 12.4 Å². The monoisotopic (exact) mass is 475 g/mol. The van der Waals surface area contributed by atoms with Crippen LogP contribution in [-0.2, 0) is 28.0 Å². The predicted molar refractivity (Wildman–Crippen MR) is 123 cm³/mol. The minimum absolute atomic E-state index is 0.0171. The number of sulfonamides is 1. The van der Waals surface area contributed by atoms with Crippen LogP contribution < -0.4 is 15.2 Å². The first-order chi connectivity index (χ1) is 15.2. The molecule has 0 fully saturated rings. The molecule has 0 saturated carbocycles. The molecular formula is C21H25N5O4S2. The van der Waals surface area contributed by atoms with E-state index in [2.05, 4.69) is 15.5 Å². The van der Waals surface area contributed by atoms with Gasteiger partial charge in [-0.2, -0.15) is 0 Å². The maximum atomic E-state index is 12.3. The second kappa shape index (κ2) is 10.2. The van der Waals surface area contributed by atoms with Crippen molar-refractivity contribution in [2.45, 2.75) is 44.0 Å². The Morgan fingerprint density at radius 3 is 2.53 bits per heavy atom. The lowest BCUT2D eigenvalue weighted by molar-refractivity contribution is -0.113. The average molecular weight is 476 g/mol. The van der Waals surface area contributed by atoms with E-state index in [1.54, 1.807) is 0 Å². The number of rotatable bonds is 9. The van der Waals surface area contributed by atoms with Crippen molar-refractivity contribution in [1.29, 1.82) is 0 Å². The maximum absolute atomic E-state index is 12.3. The van der Waals surface area contributed by atoms with Crippen LogP contribution in [0.1, 0.15) is 23.9 Å². The van der Waals surface area contributed by atoms with E-state index >= 15 is 0 Å². The molecule has 1 amide bonds. The molecule has 170 valence electrons. The molecule has 0 radical (unpaired) electrons. The largest absolute Gasteiger partial charge is 0.485 e. The lowest BCUT2D eigenvalue weighted by atomic mass is 10.1. The summed E-state index contributed by atoms with van der Waals surface area (Å²) in [6, 6.07) is 11.7. The quantitative estimate of drug-likeness (QED) is 0.455. The minimum atomic E-state index is -3.77. The summed E-state index contributed by atoms with van der Waals surface area (Å²) in [5, 5.41) is 16.8. The van der Waals surface area contributed by atoms with Gasteiger partial charge in [-0.25, -0.2) is 13.6 Å². The third kappa shape index (κ3) is 6.09. The SMILES string of the molecule is CCn1c(COc2cc(C)ccc2C)nnc1SCC(=O)Nc1ccc(S(N)(=O)=O)cc1. The zero-order valence-corrected chi connectivity index (χ0v) is 19.7. The molecule has 32 heavy (non-hydrogen) atoms. The highest BCUT2D eigenvalue weighted by Gasteiger charge is 2.15. The van der Waals surface area contributed by atoms with E-state index in [0.717, 1.165) is 16.9 Å². The number of aryl methyl sites for hydroxylation is 2. The smallest absolute Gasteiger partial charge is 0.238 e. The van der Waals surface area contributed by atoms with Gasteiger partial charge < -0.3 is 14.6 Å². The van der Waals surface area contributed by atoms with Crippen molar-refractivity contribution >= 4 is 33.4 Å². The zero-order chi connectivity index (χ0) is 23.3. The van der Waals surface area contributed by atoms with Crippen LogP contribution in [0.25, 0.3) is 0 Å². The minimum Gasteiger partial charge on any atom is -0.485 e. The number of nitrogens with two attached hydrogens (primary N) is 1. The van der Waals surface area contributed by atoms with E-state index in [1.165, 1.54) is 36.0 Å². The van der Waals surface area contributed by atoms with Crippen LogP contribution in [0.2, 0.25) is 0 Å². The average Bonchev–Trinajstić information content (AvgIpc) is 3.14. The highest BCUT2D eigenvalue weighted by molar-refractivity contribution is 7.99. The van der Waals surface area contributed by atoms with E-state index < -0.39 is 10.0 Å². The van der Waals surface area contributed by atoms with Crippen molar-refractivity contribution < 1.29 is 17.9 Å². The van der Waals surface area contributed by atoms with Crippen LogP contribution in [0.5, 0.6) is 5.75 Å². The van der Waals surface area contributed by atoms with Crippen molar-refractivity contribution in [2.24, 2.45) is 5.14 Å². The molecule has 0 unspecified atom stereocenters. The molecule has 0 saturated heterocycles.